The van der Waals surface area contributed by atoms with Gasteiger partial charge in [-0.1, -0.05) is 11.6 Å². The SMILES string of the molecule is CCN(CC)c1ccc(S(=O)(=O)NC)cc1Nc1cc(Cl)ncn1. The Balaban J connectivity index is 2.52. The number of hydrogen-bond acceptors (Lipinski definition) is 6. The van der Waals surface area contributed by atoms with E-state index in [-0.39, 0.29) is 4.90 Å². The Morgan fingerprint density at radius 1 is 1.17 bits per heavy atom. The number of sulfonamides is 1. The second-order valence-corrected chi connectivity index (χ2v) is 7.18. The summed E-state index contributed by atoms with van der Waals surface area (Å²) in [6, 6.07) is 6.52. The van der Waals surface area contributed by atoms with E-state index in [2.05, 4.69) is 24.9 Å². The molecule has 0 atom stereocenters. The zero-order chi connectivity index (χ0) is 17.7. The lowest BCUT2D eigenvalue weighted by Gasteiger charge is -2.25. The molecule has 0 unspecified atom stereocenters. The Bertz CT molecular complexity index is 809. The Kier molecular flexibility index (Phi) is 5.98. The molecule has 9 heteroatoms. The van der Waals surface area contributed by atoms with Gasteiger partial charge < -0.3 is 10.2 Å². The molecule has 0 bridgehead atoms. The van der Waals surface area contributed by atoms with Gasteiger partial charge in [-0.3, -0.25) is 0 Å². The van der Waals surface area contributed by atoms with Crippen molar-refractivity contribution < 1.29 is 8.42 Å². The maximum Gasteiger partial charge on any atom is 0.240 e. The van der Waals surface area contributed by atoms with Gasteiger partial charge in [-0.25, -0.2) is 23.1 Å². The Morgan fingerprint density at radius 3 is 2.46 bits per heavy atom. The Hall–Kier alpha value is -1.90. The van der Waals surface area contributed by atoms with Crippen LogP contribution in [0.3, 0.4) is 0 Å². The van der Waals surface area contributed by atoms with E-state index < -0.39 is 10.0 Å². The van der Waals surface area contributed by atoms with E-state index in [1.807, 2.05) is 13.8 Å². The highest BCUT2D eigenvalue weighted by molar-refractivity contribution is 7.89. The van der Waals surface area contributed by atoms with Crippen LogP contribution in [-0.2, 0) is 10.0 Å². The molecule has 7 nitrogen and oxygen atoms in total. The molecule has 2 rings (SSSR count). The van der Waals surface area contributed by atoms with Crippen molar-refractivity contribution >= 4 is 38.8 Å². The van der Waals surface area contributed by atoms with Gasteiger partial charge in [0, 0.05) is 19.2 Å². The third kappa shape index (κ3) is 4.14. The Labute approximate surface area is 147 Å². The van der Waals surface area contributed by atoms with Gasteiger partial charge in [-0.15, -0.1) is 0 Å². The molecular weight excluding hydrogens is 350 g/mol. The fourth-order valence-corrected chi connectivity index (χ4v) is 3.18. The lowest BCUT2D eigenvalue weighted by Crippen LogP contribution is -2.24. The minimum absolute atomic E-state index is 0.170. The van der Waals surface area contributed by atoms with E-state index in [9.17, 15) is 8.42 Å². The van der Waals surface area contributed by atoms with Gasteiger partial charge in [-0.2, -0.15) is 0 Å². The first kappa shape index (κ1) is 18.4. The predicted molar refractivity (Wildman–Crippen MR) is 96.6 cm³/mol. The van der Waals surface area contributed by atoms with E-state index in [1.165, 1.54) is 13.4 Å². The van der Waals surface area contributed by atoms with Crippen molar-refractivity contribution in [1.82, 2.24) is 14.7 Å². The van der Waals surface area contributed by atoms with Crippen LogP contribution in [0.5, 0.6) is 0 Å². The van der Waals surface area contributed by atoms with Crippen molar-refractivity contribution in [2.45, 2.75) is 18.7 Å². The fraction of sp³-hybridized carbons (Fsp3) is 0.333. The zero-order valence-corrected chi connectivity index (χ0v) is 15.3. The molecule has 0 saturated carbocycles. The number of aromatic nitrogens is 2. The predicted octanol–water partition coefficient (Wildman–Crippen LogP) is 2.63. The number of halogens is 1. The zero-order valence-electron chi connectivity index (χ0n) is 13.7. The van der Waals surface area contributed by atoms with Crippen molar-refractivity contribution in [2.75, 3.05) is 30.4 Å². The number of hydrogen-bond donors (Lipinski definition) is 2. The number of nitrogens with zero attached hydrogens (tertiary/aromatic N) is 3. The molecule has 0 spiro atoms. The average Bonchev–Trinajstić information content (AvgIpc) is 2.57. The lowest BCUT2D eigenvalue weighted by molar-refractivity contribution is 0.588. The van der Waals surface area contributed by atoms with E-state index >= 15 is 0 Å². The maximum absolute atomic E-state index is 12.1. The first-order valence-corrected chi connectivity index (χ1v) is 9.34. The third-order valence-electron chi connectivity index (χ3n) is 3.55. The molecule has 0 aliphatic carbocycles. The molecular formula is C15H20ClN5O2S. The topological polar surface area (TPSA) is 87.2 Å². The summed E-state index contributed by atoms with van der Waals surface area (Å²) < 4.78 is 26.5. The fourth-order valence-electron chi connectivity index (χ4n) is 2.28. The molecule has 1 aromatic carbocycles. The number of nitrogens with one attached hydrogen (secondary N) is 2. The Morgan fingerprint density at radius 2 is 1.88 bits per heavy atom. The van der Waals surface area contributed by atoms with Gasteiger partial charge in [0.25, 0.3) is 0 Å². The van der Waals surface area contributed by atoms with Gasteiger partial charge >= 0.3 is 0 Å². The average molecular weight is 370 g/mol. The second kappa shape index (κ2) is 7.78. The van der Waals surface area contributed by atoms with Crippen LogP contribution < -0.4 is 14.9 Å². The highest BCUT2D eigenvalue weighted by atomic mass is 35.5. The molecule has 130 valence electrons. The standard InChI is InChI=1S/C15H20ClN5O2S/c1-4-21(5-2)13-7-6-11(24(22,23)17-3)8-12(13)20-15-9-14(16)18-10-19-15/h6-10,17H,4-5H2,1-3H3,(H,18,19,20). The molecule has 0 saturated heterocycles. The minimum atomic E-state index is -3.54. The number of benzene rings is 1. The highest BCUT2D eigenvalue weighted by Crippen LogP contribution is 2.31. The van der Waals surface area contributed by atoms with Crippen molar-refractivity contribution in [3.63, 3.8) is 0 Å². The molecule has 2 N–H and O–H groups in total. The minimum Gasteiger partial charge on any atom is -0.370 e. The molecule has 0 amide bonds. The summed E-state index contributed by atoms with van der Waals surface area (Å²) in [5.74, 6) is 0.488. The van der Waals surface area contributed by atoms with Crippen molar-refractivity contribution in [2.24, 2.45) is 0 Å². The molecule has 0 aliphatic heterocycles. The summed E-state index contributed by atoms with van der Waals surface area (Å²) in [6.45, 7) is 5.64. The molecule has 24 heavy (non-hydrogen) atoms. The van der Waals surface area contributed by atoms with Crippen LogP contribution in [0.4, 0.5) is 17.2 Å². The molecule has 0 fully saturated rings. The van der Waals surface area contributed by atoms with Crippen LogP contribution in [0.25, 0.3) is 0 Å². The first-order chi connectivity index (χ1) is 11.4. The monoisotopic (exact) mass is 369 g/mol. The summed E-state index contributed by atoms with van der Waals surface area (Å²) in [4.78, 5) is 10.2. The molecule has 0 aliphatic rings. The van der Waals surface area contributed by atoms with E-state index in [4.69, 9.17) is 11.6 Å². The summed E-state index contributed by atoms with van der Waals surface area (Å²) in [6.07, 6.45) is 1.34. The van der Waals surface area contributed by atoms with Crippen LogP contribution in [0, 0.1) is 0 Å². The van der Waals surface area contributed by atoms with E-state index in [1.54, 1.807) is 24.3 Å². The smallest absolute Gasteiger partial charge is 0.240 e. The normalized spacial score (nSPS) is 11.3. The van der Waals surface area contributed by atoms with Crippen LogP contribution in [0.15, 0.2) is 35.5 Å². The summed E-state index contributed by atoms with van der Waals surface area (Å²) >= 11 is 5.89. The van der Waals surface area contributed by atoms with Crippen molar-refractivity contribution in [3.8, 4) is 0 Å². The molecule has 1 heterocycles. The van der Waals surface area contributed by atoms with Gasteiger partial charge in [0.1, 0.15) is 17.3 Å². The maximum atomic E-state index is 12.1. The quantitative estimate of drug-likeness (QED) is 0.729. The van der Waals surface area contributed by atoms with Crippen molar-refractivity contribution in [1.29, 1.82) is 0 Å². The van der Waals surface area contributed by atoms with E-state index in [0.29, 0.717) is 16.7 Å². The molecule has 1 aromatic heterocycles. The van der Waals surface area contributed by atoms with Gasteiger partial charge in [0.2, 0.25) is 10.0 Å². The van der Waals surface area contributed by atoms with Gasteiger partial charge in [0.05, 0.1) is 16.3 Å². The molecule has 2 aromatic rings. The largest absolute Gasteiger partial charge is 0.370 e. The summed E-state index contributed by atoms with van der Waals surface area (Å²) in [5.41, 5.74) is 1.51. The van der Waals surface area contributed by atoms with Crippen LogP contribution in [-0.4, -0.2) is 38.5 Å². The lowest BCUT2D eigenvalue weighted by atomic mass is 10.2. The number of anilines is 3. The van der Waals surface area contributed by atoms with Crippen LogP contribution in [0.1, 0.15) is 13.8 Å². The van der Waals surface area contributed by atoms with Gasteiger partial charge in [-0.05, 0) is 39.1 Å². The number of rotatable bonds is 7. The second-order valence-electron chi connectivity index (χ2n) is 4.91. The first-order valence-electron chi connectivity index (χ1n) is 7.48. The highest BCUT2D eigenvalue weighted by Gasteiger charge is 2.16. The van der Waals surface area contributed by atoms with E-state index in [0.717, 1.165) is 18.8 Å². The third-order valence-corrected chi connectivity index (χ3v) is 5.17. The van der Waals surface area contributed by atoms with Gasteiger partial charge in [0.15, 0.2) is 0 Å². The molecule has 0 radical (unpaired) electrons. The van der Waals surface area contributed by atoms with Crippen LogP contribution >= 0.6 is 11.6 Å². The summed E-state index contributed by atoms with van der Waals surface area (Å²) in [5, 5.41) is 3.43. The van der Waals surface area contributed by atoms with Crippen LogP contribution in [0.2, 0.25) is 5.15 Å². The van der Waals surface area contributed by atoms with Crippen molar-refractivity contribution in [3.05, 3.63) is 35.7 Å². The summed E-state index contributed by atoms with van der Waals surface area (Å²) in [7, 11) is -2.16.